The van der Waals surface area contributed by atoms with Gasteiger partial charge in [-0.05, 0) is 23.8 Å². The molecule has 3 aromatic heterocycles. The van der Waals surface area contributed by atoms with Gasteiger partial charge in [0.05, 0.1) is 30.7 Å². The topological polar surface area (TPSA) is 84.9 Å². The standard InChI is InChI=1S/C21H14F6N6O/c22-20(23,24)10-4-11(7-28-6-10)29-16-5-17(31-18-12-8-34-9-13(12)18)33-19(32-16)14-2-1-3-15(30-14)21(25,26)27/h1-7,12H,8-9H2,(H2,29,31,32,33). The third-order valence-electron chi connectivity index (χ3n) is 5.17. The predicted octanol–water partition coefficient (Wildman–Crippen LogP) is 5.04. The first-order chi connectivity index (χ1) is 16.1. The zero-order chi connectivity index (χ0) is 24.1. The van der Waals surface area contributed by atoms with Crippen molar-refractivity contribution in [2.45, 2.75) is 12.4 Å². The number of rotatable bonds is 5. The Kier molecular flexibility index (Phi) is 5.15. The molecule has 2 N–H and O–H groups in total. The molecule has 1 atom stereocenters. The van der Waals surface area contributed by atoms with Gasteiger partial charge in [0.25, 0.3) is 0 Å². The Morgan fingerprint density at radius 2 is 1.65 bits per heavy atom. The van der Waals surface area contributed by atoms with Gasteiger partial charge in [-0.2, -0.15) is 26.3 Å². The molecule has 0 bridgehead atoms. The van der Waals surface area contributed by atoms with E-state index in [-0.39, 0.29) is 34.8 Å². The number of pyridine rings is 2. The molecule has 2 aliphatic rings. The van der Waals surface area contributed by atoms with E-state index in [1.165, 1.54) is 24.4 Å². The van der Waals surface area contributed by atoms with Gasteiger partial charge < -0.3 is 15.4 Å². The summed E-state index contributed by atoms with van der Waals surface area (Å²) in [6.07, 6.45) is -7.43. The summed E-state index contributed by atoms with van der Waals surface area (Å²) in [6, 6.07) is 5.58. The lowest BCUT2D eigenvalue weighted by Crippen LogP contribution is -2.10. The van der Waals surface area contributed by atoms with Crippen LogP contribution in [-0.4, -0.2) is 33.1 Å². The van der Waals surface area contributed by atoms with Crippen molar-refractivity contribution in [3.05, 3.63) is 65.3 Å². The molecule has 1 aliphatic heterocycles. The van der Waals surface area contributed by atoms with E-state index < -0.39 is 23.6 Å². The van der Waals surface area contributed by atoms with Gasteiger partial charge in [-0.25, -0.2) is 15.0 Å². The van der Waals surface area contributed by atoms with Crippen molar-refractivity contribution in [2.75, 3.05) is 23.8 Å². The average molecular weight is 480 g/mol. The maximum atomic E-state index is 13.1. The summed E-state index contributed by atoms with van der Waals surface area (Å²) in [6.45, 7) is 0.993. The molecule has 0 aromatic carbocycles. The second-order valence-corrected chi connectivity index (χ2v) is 7.58. The molecule has 0 amide bonds. The first-order valence-electron chi connectivity index (χ1n) is 9.88. The lowest BCUT2D eigenvalue weighted by atomic mass is 10.2. The molecule has 176 valence electrons. The number of halogens is 6. The Morgan fingerprint density at radius 1 is 0.882 bits per heavy atom. The van der Waals surface area contributed by atoms with Gasteiger partial charge in [-0.3, -0.25) is 4.98 Å². The smallest absolute Gasteiger partial charge is 0.376 e. The molecule has 0 saturated carbocycles. The van der Waals surface area contributed by atoms with Crippen LogP contribution in [0.5, 0.6) is 0 Å². The van der Waals surface area contributed by atoms with Crippen molar-refractivity contribution in [3.63, 3.8) is 0 Å². The Bertz CT molecular complexity index is 1290. The normalized spacial score (nSPS) is 17.5. The molecule has 34 heavy (non-hydrogen) atoms. The highest BCUT2D eigenvalue weighted by molar-refractivity contribution is 5.66. The highest BCUT2D eigenvalue weighted by Crippen LogP contribution is 2.44. The van der Waals surface area contributed by atoms with Gasteiger partial charge >= 0.3 is 12.4 Å². The molecule has 1 fully saturated rings. The molecule has 13 heteroatoms. The van der Waals surface area contributed by atoms with Crippen molar-refractivity contribution >= 4 is 17.3 Å². The van der Waals surface area contributed by atoms with Crippen molar-refractivity contribution < 1.29 is 31.1 Å². The van der Waals surface area contributed by atoms with Gasteiger partial charge in [-0.15, -0.1) is 0 Å². The minimum Gasteiger partial charge on any atom is -0.376 e. The molecule has 5 rings (SSSR count). The number of ether oxygens (including phenoxy) is 1. The maximum absolute atomic E-state index is 13.1. The zero-order valence-corrected chi connectivity index (χ0v) is 17.0. The summed E-state index contributed by atoms with van der Waals surface area (Å²) in [5.41, 5.74) is -0.305. The summed E-state index contributed by atoms with van der Waals surface area (Å²) < 4.78 is 83.8. The molecule has 1 aliphatic carbocycles. The fourth-order valence-corrected chi connectivity index (χ4v) is 3.49. The summed E-state index contributed by atoms with van der Waals surface area (Å²) in [4.78, 5) is 15.6. The number of hydrogen-bond donors (Lipinski definition) is 2. The van der Waals surface area contributed by atoms with Crippen LogP contribution in [0.4, 0.5) is 43.7 Å². The molecule has 1 saturated heterocycles. The average Bonchev–Trinajstić information content (AvgIpc) is 3.18. The Balaban J connectivity index is 1.51. The molecule has 0 spiro atoms. The number of fused-ring (bicyclic) bond motifs is 1. The quantitative estimate of drug-likeness (QED) is 0.495. The van der Waals surface area contributed by atoms with Gasteiger partial charge in [0.2, 0.25) is 0 Å². The Morgan fingerprint density at radius 3 is 2.32 bits per heavy atom. The van der Waals surface area contributed by atoms with E-state index >= 15 is 0 Å². The molecule has 7 nitrogen and oxygen atoms in total. The van der Waals surface area contributed by atoms with E-state index in [1.54, 1.807) is 0 Å². The minimum atomic E-state index is -4.67. The maximum Gasteiger partial charge on any atom is 0.433 e. The Hall–Kier alpha value is -3.74. The molecule has 0 radical (unpaired) electrons. The number of aromatic nitrogens is 4. The van der Waals surface area contributed by atoms with Crippen LogP contribution in [0.3, 0.4) is 0 Å². The van der Waals surface area contributed by atoms with E-state index in [0.717, 1.165) is 23.4 Å². The van der Waals surface area contributed by atoms with Gasteiger partial charge in [0.15, 0.2) is 5.82 Å². The molecule has 4 heterocycles. The third-order valence-corrected chi connectivity index (χ3v) is 5.17. The lowest BCUT2D eigenvalue weighted by molar-refractivity contribution is -0.141. The summed E-state index contributed by atoms with van der Waals surface area (Å²) in [5.74, 6) is 0.268. The highest BCUT2D eigenvalue weighted by Gasteiger charge is 2.41. The fourth-order valence-electron chi connectivity index (χ4n) is 3.49. The van der Waals surface area contributed by atoms with Crippen molar-refractivity contribution in [2.24, 2.45) is 5.92 Å². The SMILES string of the molecule is FC(F)(F)c1cncc(Nc2cc(NC3=C4COCC43)nc(-c3cccc(C(F)(F)F)n3)n2)c1. The largest absolute Gasteiger partial charge is 0.433 e. The van der Waals surface area contributed by atoms with Crippen LogP contribution in [0.2, 0.25) is 0 Å². The van der Waals surface area contributed by atoms with Crippen LogP contribution >= 0.6 is 0 Å². The van der Waals surface area contributed by atoms with Gasteiger partial charge in [-0.1, -0.05) is 6.07 Å². The fraction of sp³-hybridized carbons (Fsp3) is 0.238. The molecular formula is C21H14F6N6O. The monoisotopic (exact) mass is 480 g/mol. The third kappa shape index (κ3) is 4.51. The highest BCUT2D eigenvalue weighted by atomic mass is 19.4. The second-order valence-electron chi connectivity index (χ2n) is 7.58. The number of anilines is 3. The first kappa shape index (κ1) is 22.1. The van der Waals surface area contributed by atoms with Crippen LogP contribution in [0, 0.1) is 5.92 Å². The summed E-state index contributed by atoms with van der Waals surface area (Å²) >= 11 is 0. The summed E-state index contributed by atoms with van der Waals surface area (Å²) in [7, 11) is 0. The van der Waals surface area contributed by atoms with Gasteiger partial charge in [0, 0.05) is 23.9 Å². The number of alkyl halides is 6. The second kappa shape index (κ2) is 7.94. The van der Waals surface area contributed by atoms with Crippen LogP contribution in [0.1, 0.15) is 11.3 Å². The Labute approximate surface area is 187 Å². The number of nitrogens with zero attached hydrogens (tertiary/aromatic N) is 4. The number of nitrogens with one attached hydrogen (secondary N) is 2. The van der Waals surface area contributed by atoms with E-state index in [2.05, 4.69) is 30.6 Å². The van der Waals surface area contributed by atoms with Crippen LogP contribution < -0.4 is 10.6 Å². The van der Waals surface area contributed by atoms with Crippen molar-refractivity contribution in [3.8, 4) is 11.5 Å². The van der Waals surface area contributed by atoms with E-state index in [0.29, 0.717) is 19.4 Å². The van der Waals surface area contributed by atoms with Crippen LogP contribution in [0.15, 0.2) is 54.0 Å². The molecule has 1 unspecified atom stereocenters. The van der Waals surface area contributed by atoms with E-state index in [1.807, 2.05) is 0 Å². The van der Waals surface area contributed by atoms with Crippen molar-refractivity contribution in [1.82, 2.24) is 19.9 Å². The van der Waals surface area contributed by atoms with Crippen LogP contribution in [-0.2, 0) is 17.1 Å². The zero-order valence-electron chi connectivity index (χ0n) is 17.0. The van der Waals surface area contributed by atoms with E-state index in [9.17, 15) is 26.3 Å². The van der Waals surface area contributed by atoms with Crippen molar-refractivity contribution in [1.29, 1.82) is 0 Å². The molecular weight excluding hydrogens is 466 g/mol. The first-order valence-corrected chi connectivity index (χ1v) is 9.88. The van der Waals surface area contributed by atoms with Crippen LogP contribution in [0.25, 0.3) is 11.5 Å². The van der Waals surface area contributed by atoms with E-state index in [4.69, 9.17) is 4.74 Å². The lowest BCUT2D eigenvalue weighted by Gasteiger charge is -2.13. The van der Waals surface area contributed by atoms with Gasteiger partial charge in [0.1, 0.15) is 23.0 Å². The summed E-state index contributed by atoms with van der Waals surface area (Å²) in [5, 5.41) is 5.81. The number of hydrogen-bond acceptors (Lipinski definition) is 7. The molecule has 3 aromatic rings. The predicted molar refractivity (Wildman–Crippen MR) is 108 cm³/mol. The minimum absolute atomic E-state index is 0.0128.